The molecule has 1 amide bonds. The van der Waals surface area contributed by atoms with Crippen LogP contribution < -0.4 is 4.74 Å². The fraction of sp³-hybridized carbons (Fsp3) is 0.273. The number of nitriles is 1. The first-order chi connectivity index (χ1) is 13.6. The van der Waals surface area contributed by atoms with E-state index >= 15 is 0 Å². The van der Waals surface area contributed by atoms with Gasteiger partial charge in [-0.25, -0.2) is 9.18 Å². The summed E-state index contributed by atoms with van der Waals surface area (Å²) in [4.78, 5) is 12.6. The van der Waals surface area contributed by atoms with Gasteiger partial charge in [0.2, 0.25) is 0 Å². The Morgan fingerprint density at radius 2 is 2.00 bits per heavy atom. The number of hydrogen-bond donors (Lipinski definition) is 1. The molecule has 2 heterocycles. The SMILES string of the molecule is N#Cc1ccc([C@H]2C=Cc3cccc(C4CCN(C(=O)O)CC4)c3O2)c(F)c1. The van der Waals surface area contributed by atoms with Crippen LogP contribution >= 0.6 is 0 Å². The topological polar surface area (TPSA) is 73.6 Å². The number of fused-ring (bicyclic) bond motifs is 1. The van der Waals surface area contributed by atoms with Crippen LogP contribution in [0, 0.1) is 17.1 Å². The van der Waals surface area contributed by atoms with Crippen molar-refractivity contribution in [3.8, 4) is 11.8 Å². The van der Waals surface area contributed by atoms with Crippen LogP contribution in [-0.4, -0.2) is 29.2 Å². The monoisotopic (exact) mass is 378 g/mol. The van der Waals surface area contributed by atoms with Crippen LogP contribution in [0.3, 0.4) is 0 Å². The van der Waals surface area contributed by atoms with Crippen molar-refractivity contribution in [3.05, 3.63) is 70.5 Å². The molecule has 2 aliphatic heterocycles. The maximum absolute atomic E-state index is 14.4. The van der Waals surface area contributed by atoms with Crippen LogP contribution in [0.25, 0.3) is 6.08 Å². The van der Waals surface area contributed by atoms with E-state index in [1.54, 1.807) is 12.1 Å². The summed E-state index contributed by atoms with van der Waals surface area (Å²) in [5.41, 5.74) is 2.62. The van der Waals surface area contributed by atoms with Crippen molar-refractivity contribution in [2.75, 3.05) is 13.1 Å². The van der Waals surface area contributed by atoms with Gasteiger partial charge < -0.3 is 14.7 Å². The molecule has 28 heavy (non-hydrogen) atoms. The van der Waals surface area contributed by atoms with E-state index in [1.807, 2.05) is 36.4 Å². The number of amides is 1. The number of nitrogens with zero attached hydrogens (tertiary/aromatic N) is 2. The molecule has 2 aliphatic rings. The highest BCUT2D eigenvalue weighted by molar-refractivity contribution is 5.66. The molecule has 0 aromatic heterocycles. The molecule has 1 fully saturated rings. The van der Waals surface area contributed by atoms with Crippen molar-refractivity contribution in [3.63, 3.8) is 0 Å². The van der Waals surface area contributed by atoms with Gasteiger partial charge in [-0.3, -0.25) is 0 Å². The number of rotatable bonds is 2. The largest absolute Gasteiger partial charge is 0.481 e. The Kier molecular flexibility index (Phi) is 4.74. The summed E-state index contributed by atoms with van der Waals surface area (Å²) in [7, 11) is 0. The van der Waals surface area contributed by atoms with E-state index in [-0.39, 0.29) is 11.5 Å². The van der Waals surface area contributed by atoms with Crippen molar-refractivity contribution in [2.24, 2.45) is 0 Å². The van der Waals surface area contributed by atoms with Gasteiger partial charge in [0.25, 0.3) is 0 Å². The Labute approximate surface area is 162 Å². The predicted octanol–water partition coefficient (Wildman–Crippen LogP) is 4.70. The highest BCUT2D eigenvalue weighted by Crippen LogP contribution is 2.41. The van der Waals surface area contributed by atoms with Gasteiger partial charge in [0.1, 0.15) is 17.7 Å². The first-order valence-corrected chi connectivity index (χ1v) is 9.22. The molecule has 0 aliphatic carbocycles. The lowest BCUT2D eigenvalue weighted by atomic mass is 9.87. The van der Waals surface area contributed by atoms with Crippen LogP contribution in [0.2, 0.25) is 0 Å². The highest BCUT2D eigenvalue weighted by Gasteiger charge is 2.28. The van der Waals surface area contributed by atoms with E-state index in [2.05, 4.69) is 0 Å². The van der Waals surface area contributed by atoms with Gasteiger partial charge in [-0.1, -0.05) is 30.3 Å². The molecule has 1 N–H and O–H groups in total. The number of piperidine rings is 1. The molecule has 142 valence electrons. The molecule has 0 saturated carbocycles. The molecular weight excluding hydrogens is 359 g/mol. The quantitative estimate of drug-likeness (QED) is 0.822. The minimum absolute atomic E-state index is 0.198. The van der Waals surface area contributed by atoms with Crippen LogP contribution in [0.5, 0.6) is 5.75 Å². The summed E-state index contributed by atoms with van der Waals surface area (Å²) in [5, 5.41) is 18.1. The van der Waals surface area contributed by atoms with E-state index in [0.29, 0.717) is 18.7 Å². The third-order valence-corrected chi connectivity index (χ3v) is 5.41. The first-order valence-electron chi connectivity index (χ1n) is 9.22. The molecule has 2 aromatic carbocycles. The summed E-state index contributed by atoms with van der Waals surface area (Å²) < 4.78 is 20.6. The van der Waals surface area contributed by atoms with Crippen LogP contribution in [0.1, 0.15) is 47.1 Å². The second-order valence-electron chi connectivity index (χ2n) is 7.06. The maximum atomic E-state index is 14.4. The Bertz CT molecular complexity index is 988. The molecule has 6 heteroatoms. The van der Waals surface area contributed by atoms with Crippen molar-refractivity contribution in [2.45, 2.75) is 24.9 Å². The number of ether oxygens (including phenoxy) is 1. The predicted molar refractivity (Wildman–Crippen MR) is 102 cm³/mol. The van der Waals surface area contributed by atoms with E-state index in [0.717, 1.165) is 29.7 Å². The van der Waals surface area contributed by atoms with E-state index in [9.17, 15) is 9.18 Å². The van der Waals surface area contributed by atoms with Crippen molar-refractivity contribution < 1.29 is 19.0 Å². The van der Waals surface area contributed by atoms with Crippen molar-refractivity contribution in [1.29, 1.82) is 5.26 Å². The minimum atomic E-state index is -0.885. The third-order valence-electron chi connectivity index (χ3n) is 5.41. The average molecular weight is 378 g/mol. The normalized spacial score (nSPS) is 18.9. The van der Waals surface area contributed by atoms with Crippen LogP contribution in [0.15, 0.2) is 42.5 Å². The van der Waals surface area contributed by atoms with Gasteiger partial charge >= 0.3 is 6.09 Å². The van der Waals surface area contributed by atoms with Crippen LogP contribution in [0.4, 0.5) is 9.18 Å². The molecular formula is C22H19FN2O3. The Morgan fingerprint density at radius 1 is 1.21 bits per heavy atom. The summed E-state index contributed by atoms with van der Waals surface area (Å²) >= 11 is 0. The number of hydrogen-bond acceptors (Lipinski definition) is 3. The molecule has 0 unspecified atom stereocenters. The van der Waals surface area contributed by atoms with Gasteiger partial charge in [0, 0.05) is 24.2 Å². The standard InChI is InChI=1S/C22H19FN2O3/c23-19-12-14(13-24)4-6-18(19)20-7-5-16-2-1-3-17(21(16)28-20)15-8-10-25(11-9-15)22(26)27/h1-7,12,15,20H,8-11H2,(H,26,27)/t20-/m1/s1. The lowest BCUT2D eigenvalue weighted by molar-refractivity contribution is 0.131. The van der Waals surface area contributed by atoms with E-state index in [1.165, 1.54) is 11.0 Å². The highest BCUT2D eigenvalue weighted by atomic mass is 19.1. The lowest BCUT2D eigenvalue weighted by Gasteiger charge is -2.32. The van der Waals surface area contributed by atoms with E-state index in [4.69, 9.17) is 15.1 Å². The van der Waals surface area contributed by atoms with Gasteiger partial charge in [0.15, 0.2) is 0 Å². The number of carbonyl (C=O) groups is 1. The van der Waals surface area contributed by atoms with Gasteiger partial charge in [-0.2, -0.15) is 5.26 Å². The summed E-state index contributed by atoms with van der Waals surface area (Å²) in [6.07, 6.45) is 3.74. The van der Waals surface area contributed by atoms with Gasteiger partial charge in [0.05, 0.1) is 11.6 Å². The van der Waals surface area contributed by atoms with Crippen molar-refractivity contribution >= 4 is 12.2 Å². The zero-order chi connectivity index (χ0) is 19.7. The molecule has 0 radical (unpaired) electrons. The molecule has 4 rings (SSSR count). The smallest absolute Gasteiger partial charge is 0.407 e. The third kappa shape index (κ3) is 3.31. The maximum Gasteiger partial charge on any atom is 0.407 e. The zero-order valence-electron chi connectivity index (χ0n) is 15.1. The summed E-state index contributed by atoms with van der Waals surface area (Å²) in [5.74, 6) is 0.459. The molecule has 1 atom stereocenters. The fourth-order valence-electron chi connectivity index (χ4n) is 3.90. The summed E-state index contributed by atoms with van der Waals surface area (Å²) in [6.45, 7) is 0.986. The fourth-order valence-corrected chi connectivity index (χ4v) is 3.90. The second-order valence-corrected chi connectivity index (χ2v) is 7.06. The second kappa shape index (κ2) is 7.35. The Hall–Kier alpha value is -3.33. The molecule has 2 aromatic rings. The van der Waals surface area contributed by atoms with Gasteiger partial charge in [-0.15, -0.1) is 0 Å². The molecule has 0 spiro atoms. The number of carboxylic acid groups (broad SMARTS) is 1. The van der Waals surface area contributed by atoms with Crippen molar-refractivity contribution in [1.82, 2.24) is 4.90 Å². The van der Waals surface area contributed by atoms with E-state index < -0.39 is 18.0 Å². The summed E-state index contributed by atoms with van der Waals surface area (Å²) in [6, 6.07) is 12.2. The first kappa shape index (κ1) is 18.1. The Morgan fingerprint density at radius 3 is 2.68 bits per heavy atom. The number of para-hydroxylation sites is 1. The molecule has 5 nitrogen and oxygen atoms in total. The Balaban J connectivity index is 1.60. The molecule has 0 bridgehead atoms. The average Bonchev–Trinajstić information content (AvgIpc) is 2.73. The zero-order valence-corrected chi connectivity index (χ0v) is 15.1. The number of benzene rings is 2. The molecule has 1 saturated heterocycles. The number of halogens is 1. The van der Waals surface area contributed by atoms with Gasteiger partial charge in [-0.05, 0) is 42.5 Å². The minimum Gasteiger partial charge on any atom is -0.481 e. The number of likely N-dealkylation sites (tertiary alicyclic amines) is 1. The van der Waals surface area contributed by atoms with Crippen LogP contribution in [-0.2, 0) is 0 Å². The lowest BCUT2D eigenvalue weighted by Crippen LogP contribution is -2.36.